The number of likely N-dealkylation sites (N-methyl/N-ethyl adjacent to an activating group) is 1. The highest BCUT2D eigenvalue weighted by molar-refractivity contribution is 5.82. The summed E-state index contributed by atoms with van der Waals surface area (Å²) in [4.78, 5) is 18.1. The molecule has 1 fully saturated rings. The van der Waals surface area contributed by atoms with Gasteiger partial charge in [0.25, 0.3) is 0 Å². The largest absolute Gasteiger partial charge is 0.355 e. The predicted octanol–water partition coefficient (Wildman–Crippen LogP) is 0.692. The minimum atomic E-state index is -0.348. The highest BCUT2D eigenvalue weighted by atomic mass is 19.1. The number of halogens is 1. The molecule has 2 unspecified atom stereocenters. The number of rotatable bonds is 4. The smallest absolute Gasteiger partial charge is 0.238 e. The van der Waals surface area contributed by atoms with E-state index in [1.165, 1.54) is 12.3 Å². The van der Waals surface area contributed by atoms with Crippen LogP contribution in [0.2, 0.25) is 0 Å². The lowest BCUT2D eigenvalue weighted by molar-refractivity contribution is -0.128. The molecule has 0 spiro atoms. The number of carbonyl (C=O) groups excluding carboxylic acids is 1. The Bertz CT molecular complexity index is 468. The van der Waals surface area contributed by atoms with Crippen LogP contribution in [0.5, 0.6) is 0 Å². The van der Waals surface area contributed by atoms with Crippen molar-refractivity contribution in [2.24, 2.45) is 0 Å². The van der Waals surface area contributed by atoms with Crippen LogP contribution in [0.4, 0.5) is 4.39 Å². The highest BCUT2D eigenvalue weighted by Gasteiger charge is 2.32. The van der Waals surface area contributed by atoms with Crippen LogP contribution in [-0.2, 0) is 4.79 Å². The molecule has 0 saturated carbocycles. The first-order valence-electron chi connectivity index (χ1n) is 6.98. The third-order valence-corrected chi connectivity index (χ3v) is 3.64. The second-order valence-electron chi connectivity index (χ2n) is 4.96. The number of amides is 1. The quantitative estimate of drug-likeness (QED) is 0.852. The Morgan fingerprint density at radius 1 is 1.65 bits per heavy atom. The SMILES string of the molecule is CCNC(=O)C1CNCCN1C(C)c1cncc(F)c1. The second kappa shape index (κ2) is 6.76. The lowest BCUT2D eigenvalue weighted by Gasteiger charge is -2.39. The maximum atomic E-state index is 13.3. The Labute approximate surface area is 118 Å². The number of pyridine rings is 1. The number of nitrogens with zero attached hydrogens (tertiary/aromatic N) is 2. The standard InChI is InChI=1S/C14H21FN4O/c1-3-18-14(20)13-9-16-4-5-19(13)10(2)11-6-12(15)8-17-7-11/h6-8,10,13,16H,3-5,9H2,1-2H3,(H,18,20). The van der Waals surface area contributed by atoms with Crippen molar-refractivity contribution in [3.63, 3.8) is 0 Å². The first-order valence-corrected chi connectivity index (χ1v) is 6.98. The molecule has 1 aliphatic heterocycles. The molecule has 0 bridgehead atoms. The van der Waals surface area contributed by atoms with Gasteiger partial charge < -0.3 is 10.6 Å². The Morgan fingerprint density at radius 3 is 3.15 bits per heavy atom. The zero-order valence-corrected chi connectivity index (χ0v) is 11.9. The van der Waals surface area contributed by atoms with Crippen LogP contribution in [0.1, 0.15) is 25.5 Å². The highest BCUT2D eigenvalue weighted by Crippen LogP contribution is 2.23. The van der Waals surface area contributed by atoms with Gasteiger partial charge in [0.2, 0.25) is 5.91 Å². The van der Waals surface area contributed by atoms with E-state index in [4.69, 9.17) is 0 Å². The van der Waals surface area contributed by atoms with Crippen molar-refractivity contribution in [1.29, 1.82) is 0 Å². The van der Waals surface area contributed by atoms with Crippen LogP contribution in [0, 0.1) is 5.82 Å². The molecule has 2 atom stereocenters. The molecule has 1 saturated heterocycles. The molecule has 110 valence electrons. The molecule has 20 heavy (non-hydrogen) atoms. The van der Waals surface area contributed by atoms with Gasteiger partial charge in [-0.3, -0.25) is 14.7 Å². The summed E-state index contributed by atoms with van der Waals surface area (Å²) in [5.41, 5.74) is 0.793. The van der Waals surface area contributed by atoms with E-state index in [9.17, 15) is 9.18 Å². The summed E-state index contributed by atoms with van der Waals surface area (Å²) in [6.07, 6.45) is 2.85. The number of hydrogen-bond acceptors (Lipinski definition) is 4. The van der Waals surface area contributed by atoms with Gasteiger partial charge in [0.05, 0.1) is 6.20 Å². The van der Waals surface area contributed by atoms with Gasteiger partial charge in [0, 0.05) is 38.4 Å². The maximum absolute atomic E-state index is 13.3. The van der Waals surface area contributed by atoms with Crippen molar-refractivity contribution >= 4 is 5.91 Å². The summed E-state index contributed by atoms with van der Waals surface area (Å²) in [5, 5.41) is 6.08. The molecule has 0 aliphatic carbocycles. The van der Waals surface area contributed by atoms with E-state index in [-0.39, 0.29) is 23.8 Å². The molecule has 0 radical (unpaired) electrons. The van der Waals surface area contributed by atoms with Crippen molar-refractivity contribution in [3.8, 4) is 0 Å². The molecule has 2 heterocycles. The zero-order chi connectivity index (χ0) is 14.5. The average Bonchev–Trinajstić information content (AvgIpc) is 2.47. The fourth-order valence-corrected chi connectivity index (χ4v) is 2.57. The summed E-state index contributed by atoms with van der Waals surface area (Å²) in [6, 6.07) is 1.20. The van der Waals surface area contributed by atoms with Gasteiger partial charge in [-0.25, -0.2) is 4.39 Å². The second-order valence-corrected chi connectivity index (χ2v) is 4.96. The minimum Gasteiger partial charge on any atom is -0.355 e. The Kier molecular flexibility index (Phi) is 5.03. The third-order valence-electron chi connectivity index (χ3n) is 3.64. The van der Waals surface area contributed by atoms with Gasteiger partial charge >= 0.3 is 0 Å². The monoisotopic (exact) mass is 280 g/mol. The molecule has 1 aromatic rings. The van der Waals surface area contributed by atoms with E-state index < -0.39 is 0 Å². The number of carbonyl (C=O) groups is 1. The van der Waals surface area contributed by atoms with Crippen LogP contribution in [0.25, 0.3) is 0 Å². The lowest BCUT2D eigenvalue weighted by Crippen LogP contribution is -2.58. The van der Waals surface area contributed by atoms with Crippen molar-refractivity contribution in [1.82, 2.24) is 20.5 Å². The molecule has 1 amide bonds. The summed E-state index contributed by atoms with van der Waals surface area (Å²) >= 11 is 0. The number of aromatic nitrogens is 1. The molecule has 1 aromatic heterocycles. The minimum absolute atomic E-state index is 0.0101. The van der Waals surface area contributed by atoms with Crippen LogP contribution < -0.4 is 10.6 Å². The molecule has 6 heteroatoms. The normalized spacial score (nSPS) is 21.4. The lowest BCUT2D eigenvalue weighted by atomic mass is 10.0. The van der Waals surface area contributed by atoms with Gasteiger partial charge in [0.15, 0.2) is 0 Å². The van der Waals surface area contributed by atoms with Crippen molar-refractivity contribution < 1.29 is 9.18 Å². The molecule has 2 rings (SSSR count). The Morgan fingerprint density at radius 2 is 2.45 bits per heavy atom. The van der Waals surface area contributed by atoms with Crippen LogP contribution in [-0.4, -0.2) is 48.0 Å². The first kappa shape index (κ1) is 14.9. The molecule has 2 N–H and O–H groups in total. The van der Waals surface area contributed by atoms with Crippen molar-refractivity contribution in [2.75, 3.05) is 26.2 Å². The molecule has 0 aromatic carbocycles. The van der Waals surface area contributed by atoms with E-state index in [2.05, 4.69) is 20.5 Å². The third kappa shape index (κ3) is 3.32. The Balaban J connectivity index is 2.16. The van der Waals surface area contributed by atoms with Gasteiger partial charge in [0.1, 0.15) is 11.9 Å². The summed E-state index contributed by atoms with van der Waals surface area (Å²) in [5.74, 6) is -0.338. The maximum Gasteiger partial charge on any atom is 0.238 e. The van der Waals surface area contributed by atoms with Crippen LogP contribution >= 0.6 is 0 Å². The fraction of sp³-hybridized carbons (Fsp3) is 0.571. The molecular weight excluding hydrogens is 259 g/mol. The van der Waals surface area contributed by atoms with Gasteiger partial charge in [-0.05, 0) is 25.5 Å². The van der Waals surface area contributed by atoms with E-state index in [0.29, 0.717) is 13.1 Å². The zero-order valence-electron chi connectivity index (χ0n) is 11.9. The molecule has 1 aliphatic rings. The van der Waals surface area contributed by atoms with Crippen LogP contribution in [0.15, 0.2) is 18.5 Å². The van der Waals surface area contributed by atoms with Gasteiger partial charge in [-0.1, -0.05) is 0 Å². The topological polar surface area (TPSA) is 57.3 Å². The summed E-state index contributed by atoms with van der Waals surface area (Å²) in [6.45, 7) is 6.67. The van der Waals surface area contributed by atoms with E-state index in [0.717, 1.165) is 18.7 Å². The first-order chi connectivity index (χ1) is 9.63. The summed E-state index contributed by atoms with van der Waals surface area (Å²) < 4.78 is 13.3. The van der Waals surface area contributed by atoms with Gasteiger partial charge in [-0.15, -0.1) is 0 Å². The van der Waals surface area contributed by atoms with Crippen molar-refractivity contribution in [3.05, 3.63) is 29.8 Å². The van der Waals surface area contributed by atoms with E-state index in [1.807, 2.05) is 13.8 Å². The molecular formula is C14H21FN4O. The number of nitrogens with one attached hydrogen (secondary N) is 2. The van der Waals surface area contributed by atoms with Crippen molar-refractivity contribution in [2.45, 2.75) is 25.9 Å². The Hall–Kier alpha value is -1.53. The fourth-order valence-electron chi connectivity index (χ4n) is 2.57. The number of piperazine rings is 1. The summed E-state index contributed by atoms with van der Waals surface area (Å²) in [7, 11) is 0. The molecule has 5 nitrogen and oxygen atoms in total. The van der Waals surface area contributed by atoms with E-state index >= 15 is 0 Å². The van der Waals surface area contributed by atoms with Gasteiger partial charge in [-0.2, -0.15) is 0 Å². The predicted molar refractivity (Wildman–Crippen MR) is 74.7 cm³/mol. The van der Waals surface area contributed by atoms with E-state index in [1.54, 1.807) is 6.20 Å². The number of hydrogen-bond donors (Lipinski definition) is 2. The van der Waals surface area contributed by atoms with Crippen LogP contribution in [0.3, 0.4) is 0 Å². The average molecular weight is 280 g/mol.